The number of nitrogens with zero attached hydrogens (tertiary/aromatic N) is 2. The summed E-state index contributed by atoms with van der Waals surface area (Å²) in [4.78, 5) is 10.9. The van der Waals surface area contributed by atoms with Crippen molar-refractivity contribution in [2.24, 2.45) is 0 Å². The van der Waals surface area contributed by atoms with Gasteiger partial charge in [-0.3, -0.25) is 0 Å². The van der Waals surface area contributed by atoms with E-state index in [1.807, 2.05) is 0 Å². The smallest absolute Gasteiger partial charge is 0.134 e. The van der Waals surface area contributed by atoms with E-state index in [9.17, 15) is 0 Å². The predicted octanol–water partition coefficient (Wildman–Crippen LogP) is 2.73. The Morgan fingerprint density at radius 1 is 1.37 bits per heavy atom. The Labute approximate surface area is 118 Å². The first kappa shape index (κ1) is 12.8. The Morgan fingerprint density at radius 2 is 2.32 bits per heavy atom. The number of nitrogens with one attached hydrogen (secondary N) is 1. The summed E-state index contributed by atoms with van der Waals surface area (Å²) in [6, 6.07) is 4.25. The van der Waals surface area contributed by atoms with E-state index >= 15 is 0 Å². The van der Waals surface area contributed by atoms with Crippen LogP contribution in [0.15, 0.2) is 17.5 Å². The lowest BCUT2D eigenvalue weighted by molar-refractivity contribution is 0.608. The van der Waals surface area contributed by atoms with Crippen molar-refractivity contribution in [1.82, 2.24) is 15.3 Å². The topological polar surface area (TPSA) is 37.8 Å². The molecule has 2 aromatic heterocycles. The van der Waals surface area contributed by atoms with Crippen molar-refractivity contribution in [3.05, 3.63) is 45.2 Å². The number of hydrogen-bond donors (Lipinski definition) is 1. The Kier molecular flexibility index (Phi) is 3.89. The minimum Gasteiger partial charge on any atom is -0.312 e. The highest BCUT2D eigenvalue weighted by atomic mass is 32.1. The summed E-state index contributed by atoms with van der Waals surface area (Å²) < 4.78 is 0. The van der Waals surface area contributed by atoms with Gasteiger partial charge >= 0.3 is 0 Å². The molecule has 0 saturated heterocycles. The molecule has 19 heavy (non-hydrogen) atoms. The Morgan fingerprint density at radius 3 is 3.11 bits per heavy atom. The molecular formula is C15H19N3S. The molecule has 1 N–H and O–H groups in total. The van der Waals surface area contributed by atoms with Crippen LogP contribution in [0.3, 0.4) is 0 Å². The zero-order valence-corrected chi connectivity index (χ0v) is 12.1. The van der Waals surface area contributed by atoms with Crippen LogP contribution < -0.4 is 5.32 Å². The lowest BCUT2D eigenvalue weighted by atomic mass is 10.0. The van der Waals surface area contributed by atoms with Crippen molar-refractivity contribution in [2.45, 2.75) is 39.2 Å². The van der Waals surface area contributed by atoms with Gasteiger partial charge in [-0.25, -0.2) is 9.97 Å². The molecule has 0 fully saturated rings. The zero-order valence-electron chi connectivity index (χ0n) is 11.3. The largest absolute Gasteiger partial charge is 0.312 e. The molecule has 0 spiro atoms. The monoisotopic (exact) mass is 273 g/mol. The van der Waals surface area contributed by atoms with E-state index in [0.717, 1.165) is 44.6 Å². The minimum absolute atomic E-state index is 0.870. The highest BCUT2D eigenvalue weighted by Gasteiger charge is 2.17. The van der Waals surface area contributed by atoms with Gasteiger partial charge in [-0.1, -0.05) is 19.4 Å². The van der Waals surface area contributed by atoms with E-state index in [-0.39, 0.29) is 0 Å². The van der Waals surface area contributed by atoms with Gasteiger partial charge in [-0.2, -0.15) is 0 Å². The van der Waals surface area contributed by atoms with Gasteiger partial charge in [0.15, 0.2) is 0 Å². The van der Waals surface area contributed by atoms with Crippen molar-refractivity contribution in [3.8, 4) is 0 Å². The molecule has 0 unspecified atom stereocenters. The fraction of sp³-hybridized carbons (Fsp3) is 0.467. The predicted molar refractivity (Wildman–Crippen MR) is 78.6 cm³/mol. The normalized spacial score (nSPS) is 14.4. The van der Waals surface area contributed by atoms with E-state index in [1.54, 1.807) is 11.3 Å². The summed E-state index contributed by atoms with van der Waals surface area (Å²) in [5.74, 6) is 0.992. The maximum Gasteiger partial charge on any atom is 0.134 e. The van der Waals surface area contributed by atoms with E-state index in [2.05, 4.69) is 29.8 Å². The maximum absolute atomic E-state index is 4.81. The quantitative estimate of drug-likeness (QED) is 0.931. The van der Waals surface area contributed by atoms with E-state index < -0.39 is 0 Å². The third kappa shape index (κ3) is 2.85. The summed E-state index contributed by atoms with van der Waals surface area (Å²) in [7, 11) is 0. The molecule has 0 bridgehead atoms. The van der Waals surface area contributed by atoms with Crippen molar-refractivity contribution >= 4 is 11.3 Å². The lowest BCUT2D eigenvalue weighted by Gasteiger charge is -2.20. The maximum atomic E-state index is 4.81. The standard InChI is InChI=1S/C15H19N3S/c1-2-4-13-12-10-16-7-6-14(12)18-15(17-13)9-11-5-3-8-19-11/h3,5,8,16H,2,4,6-7,9-10H2,1H3. The molecule has 1 aliphatic heterocycles. The average Bonchev–Trinajstić information content (AvgIpc) is 2.92. The van der Waals surface area contributed by atoms with Crippen LogP contribution in [0.25, 0.3) is 0 Å². The van der Waals surface area contributed by atoms with Crippen LogP contribution in [-0.4, -0.2) is 16.5 Å². The minimum atomic E-state index is 0.870. The number of thiophene rings is 1. The number of rotatable bonds is 4. The first-order chi connectivity index (χ1) is 9.36. The van der Waals surface area contributed by atoms with Crippen LogP contribution >= 0.6 is 11.3 Å². The molecule has 3 heterocycles. The summed E-state index contributed by atoms with van der Waals surface area (Å²) >= 11 is 1.78. The fourth-order valence-corrected chi connectivity index (χ4v) is 3.26. The Hall–Kier alpha value is -1.26. The van der Waals surface area contributed by atoms with Crippen molar-refractivity contribution in [3.63, 3.8) is 0 Å². The fourth-order valence-electron chi connectivity index (χ4n) is 2.56. The van der Waals surface area contributed by atoms with Gasteiger partial charge in [0.1, 0.15) is 5.82 Å². The number of aryl methyl sites for hydroxylation is 1. The molecule has 2 aromatic rings. The second-order valence-corrected chi connectivity index (χ2v) is 5.98. The Balaban J connectivity index is 1.94. The summed E-state index contributed by atoms with van der Waals surface area (Å²) in [6.45, 7) is 4.18. The molecule has 4 heteroatoms. The van der Waals surface area contributed by atoms with Crippen molar-refractivity contribution in [2.75, 3.05) is 6.54 Å². The third-order valence-corrected chi connectivity index (χ3v) is 4.34. The van der Waals surface area contributed by atoms with Crippen LogP contribution in [-0.2, 0) is 25.8 Å². The van der Waals surface area contributed by atoms with Crippen LogP contribution in [0.2, 0.25) is 0 Å². The van der Waals surface area contributed by atoms with Gasteiger partial charge in [0, 0.05) is 42.1 Å². The molecule has 0 saturated carbocycles. The van der Waals surface area contributed by atoms with Gasteiger partial charge in [0.25, 0.3) is 0 Å². The highest BCUT2D eigenvalue weighted by molar-refractivity contribution is 7.09. The molecule has 0 atom stereocenters. The van der Waals surface area contributed by atoms with E-state index in [0.29, 0.717) is 0 Å². The molecule has 0 radical (unpaired) electrons. The van der Waals surface area contributed by atoms with Crippen LogP contribution in [0, 0.1) is 0 Å². The number of aromatic nitrogens is 2. The van der Waals surface area contributed by atoms with E-state index in [4.69, 9.17) is 9.97 Å². The summed E-state index contributed by atoms with van der Waals surface area (Å²) in [5, 5.41) is 5.54. The first-order valence-corrected chi connectivity index (χ1v) is 7.85. The molecule has 3 rings (SSSR count). The zero-order chi connectivity index (χ0) is 13.1. The van der Waals surface area contributed by atoms with E-state index in [1.165, 1.54) is 21.8 Å². The van der Waals surface area contributed by atoms with Crippen LogP contribution in [0.5, 0.6) is 0 Å². The molecular weight excluding hydrogens is 254 g/mol. The molecule has 0 amide bonds. The molecule has 0 aliphatic carbocycles. The molecule has 100 valence electrons. The van der Waals surface area contributed by atoms with Gasteiger partial charge < -0.3 is 5.32 Å². The molecule has 1 aliphatic rings. The molecule has 3 nitrogen and oxygen atoms in total. The number of fused-ring (bicyclic) bond motifs is 1. The van der Waals surface area contributed by atoms with Crippen molar-refractivity contribution < 1.29 is 0 Å². The molecule has 0 aromatic carbocycles. The first-order valence-electron chi connectivity index (χ1n) is 6.97. The lowest BCUT2D eigenvalue weighted by Crippen LogP contribution is -2.27. The van der Waals surface area contributed by atoms with Crippen LogP contribution in [0.1, 0.15) is 41.0 Å². The summed E-state index contributed by atoms with van der Waals surface area (Å²) in [5.41, 5.74) is 3.87. The Bertz CT molecular complexity index is 549. The van der Waals surface area contributed by atoms with Gasteiger partial charge in [0.05, 0.1) is 5.69 Å². The second-order valence-electron chi connectivity index (χ2n) is 4.94. The van der Waals surface area contributed by atoms with Gasteiger partial charge in [-0.15, -0.1) is 11.3 Å². The van der Waals surface area contributed by atoms with Gasteiger partial charge in [-0.05, 0) is 17.9 Å². The third-order valence-electron chi connectivity index (χ3n) is 3.46. The van der Waals surface area contributed by atoms with Crippen molar-refractivity contribution in [1.29, 1.82) is 0 Å². The SMILES string of the molecule is CCCc1nc(Cc2cccs2)nc2c1CNCC2. The average molecular weight is 273 g/mol. The van der Waals surface area contributed by atoms with Gasteiger partial charge in [0.2, 0.25) is 0 Å². The highest BCUT2D eigenvalue weighted by Crippen LogP contribution is 2.19. The number of hydrogen-bond acceptors (Lipinski definition) is 4. The second kappa shape index (κ2) is 5.80. The summed E-state index contributed by atoms with van der Waals surface area (Å²) in [6.07, 6.45) is 4.10. The van der Waals surface area contributed by atoms with Crippen LogP contribution in [0.4, 0.5) is 0 Å².